The lowest BCUT2D eigenvalue weighted by atomic mass is 10.1. The summed E-state index contributed by atoms with van der Waals surface area (Å²) in [5, 5.41) is 0. The van der Waals surface area contributed by atoms with E-state index < -0.39 is 10.0 Å². The largest absolute Gasteiger partial charge is 0.393 e. The highest BCUT2D eigenvalue weighted by Gasteiger charge is 2.14. The van der Waals surface area contributed by atoms with Gasteiger partial charge in [-0.1, -0.05) is 24.4 Å². The molecule has 2 aromatic rings. The molecule has 0 aliphatic heterocycles. The van der Waals surface area contributed by atoms with Crippen LogP contribution in [0.2, 0.25) is 0 Å². The van der Waals surface area contributed by atoms with Crippen molar-refractivity contribution >= 4 is 48.8 Å². The first-order valence-corrected chi connectivity index (χ1v) is 8.56. The quantitative estimate of drug-likeness (QED) is 0.772. The van der Waals surface area contributed by atoms with E-state index in [4.69, 9.17) is 18.0 Å². The number of thiocarbonyl (C=S) groups is 1. The minimum atomic E-state index is -3.66. The van der Waals surface area contributed by atoms with Gasteiger partial charge in [-0.25, -0.2) is 8.42 Å². The Hall–Kier alpha value is -1.51. The summed E-state index contributed by atoms with van der Waals surface area (Å²) in [4.78, 5) is 4.32. The second-order valence-electron chi connectivity index (χ2n) is 4.28. The third-order valence-electron chi connectivity index (χ3n) is 2.57. The van der Waals surface area contributed by atoms with E-state index in [2.05, 4.69) is 25.6 Å². The summed E-state index contributed by atoms with van der Waals surface area (Å²) in [6, 6.07) is 8.36. The number of hydrogen-bond acceptors (Lipinski definition) is 4. The number of nitrogens with one attached hydrogen (secondary N) is 1. The summed E-state index contributed by atoms with van der Waals surface area (Å²) >= 11 is 8.02. The van der Waals surface area contributed by atoms with Gasteiger partial charge in [0.05, 0.1) is 4.99 Å². The van der Waals surface area contributed by atoms with Gasteiger partial charge in [-0.05, 0) is 39.7 Å². The number of benzene rings is 1. The van der Waals surface area contributed by atoms with Crippen molar-refractivity contribution in [3.05, 3.63) is 52.8 Å². The van der Waals surface area contributed by atoms with E-state index in [-0.39, 0.29) is 4.90 Å². The highest BCUT2D eigenvalue weighted by atomic mass is 79.9. The smallest absolute Gasteiger partial charge is 0.263 e. The van der Waals surface area contributed by atoms with Crippen molar-refractivity contribution in [2.24, 2.45) is 5.73 Å². The monoisotopic (exact) mass is 385 g/mol. The lowest BCUT2D eigenvalue weighted by molar-refractivity contribution is 0.600. The van der Waals surface area contributed by atoms with Crippen LogP contribution >= 0.6 is 28.1 Å². The van der Waals surface area contributed by atoms with Gasteiger partial charge in [-0.3, -0.25) is 9.71 Å². The number of anilines is 1. The number of hydrogen-bond donors (Lipinski definition) is 2. The Kier molecular flexibility index (Phi) is 4.92. The molecule has 0 unspecified atom stereocenters. The summed E-state index contributed by atoms with van der Waals surface area (Å²) in [5.41, 5.74) is 6.85. The van der Waals surface area contributed by atoms with Crippen molar-refractivity contribution in [2.75, 3.05) is 4.72 Å². The van der Waals surface area contributed by atoms with Crippen molar-refractivity contribution in [3.8, 4) is 0 Å². The number of rotatable bonds is 5. The number of halogens is 1. The lowest BCUT2D eigenvalue weighted by Crippen LogP contribution is -2.14. The minimum absolute atomic E-state index is 0.0871. The molecule has 2 rings (SSSR count). The molecule has 0 saturated carbocycles. The van der Waals surface area contributed by atoms with Crippen molar-refractivity contribution in [3.63, 3.8) is 0 Å². The van der Waals surface area contributed by atoms with Crippen molar-refractivity contribution in [1.82, 2.24) is 4.98 Å². The number of aromatic nitrogens is 1. The molecular weight excluding hydrogens is 374 g/mol. The Morgan fingerprint density at radius 1 is 1.29 bits per heavy atom. The zero-order valence-corrected chi connectivity index (χ0v) is 14.0. The number of nitrogens with zero attached hydrogens (tertiary/aromatic N) is 1. The van der Waals surface area contributed by atoms with Crippen LogP contribution in [0.15, 0.2) is 52.1 Å². The van der Waals surface area contributed by atoms with E-state index in [1.165, 1.54) is 18.5 Å². The van der Waals surface area contributed by atoms with Crippen molar-refractivity contribution in [2.45, 2.75) is 11.3 Å². The van der Waals surface area contributed by atoms with E-state index in [1.54, 1.807) is 24.3 Å². The van der Waals surface area contributed by atoms with Gasteiger partial charge in [-0.2, -0.15) is 0 Å². The zero-order chi connectivity index (χ0) is 15.5. The molecule has 1 aromatic heterocycles. The Labute approximate surface area is 136 Å². The van der Waals surface area contributed by atoms with Crippen LogP contribution < -0.4 is 10.5 Å². The molecule has 3 N–H and O–H groups in total. The van der Waals surface area contributed by atoms with Gasteiger partial charge in [0.2, 0.25) is 0 Å². The molecule has 0 radical (unpaired) electrons. The highest BCUT2D eigenvalue weighted by Crippen LogP contribution is 2.19. The predicted octanol–water partition coefficient (Wildman–Crippen LogP) is 2.47. The summed E-state index contributed by atoms with van der Waals surface area (Å²) in [5.74, 6) is 0. The zero-order valence-electron chi connectivity index (χ0n) is 10.8. The molecule has 110 valence electrons. The normalized spacial score (nSPS) is 11.1. The van der Waals surface area contributed by atoms with Gasteiger partial charge < -0.3 is 5.73 Å². The van der Waals surface area contributed by atoms with E-state index in [0.717, 1.165) is 5.56 Å². The van der Waals surface area contributed by atoms with E-state index in [9.17, 15) is 8.42 Å². The molecule has 0 aliphatic carbocycles. The van der Waals surface area contributed by atoms with Gasteiger partial charge >= 0.3 is 0 Å². The SMILES string of the molecule is NC(=S)Cc1ccc(NS(=O)(=O)c2cncc(Br)c2)cc1. The van der Waals surface area contributed by atoms with Crippen LogP contribution in [0.4, 0.5) is 5.69 Å². The average Bonchev–Trinajstić information content (AvgIpc) is 2.40. The number of pyridine rings is 1. The Morgan fingerprint density at radius 3 is 2.52 bits per heavy atom. The first-order chi connectivity index (χ1) is 9.87. The fraction of sp³-hybridized carbons (Fsp3) is 0.0769. The third-order valence-corrected chi connectivity index (χ3v) is 4.50. The molecule has 0 saturated heterocycles. The molecule has 0 amide bonds. The van der Waals surface area contributed by atoms with Crippen LogP contribution in [0.5, 0.6) is 0 Å². The van der Waals surface area contributed by atoms with Crippen LogP contribution in [-0.4, -0.2) is 18.4 Å². The van der Waals surface area contributed by atoms with Gasteiger partial charge in [0, 0.05) is 29.0 Å². The van der Waals surface area contributed by atoms with Crippen molar-refractivity contribution < 1.29 is 8.42 Å². The van der Waals surface area contributed by atoms with Crippen LogP contribution in [-0.2, 0) is 16.4 Å². The molecule has 0 aliphatic rings. The van der Waals surface area contributed by atoms with Gasteiger partial charge in [0.1, 0.15) is 4.90 Å². The molecule has 1 heterocycles. The Morgan fingerprint density at radius 2 is 1.95 bits per heavy atom. The summed E-state index contributed by atoms with van der Waals surface area (Å²) in [6.07, 6.45) is 3.29. The average molecular weight is 386 g/mol. The molecule has 0 fully saturated rings. The fourth-order valence-electron chi connectivity index (χ4n) is 1.65. The molecule has 8 heteroatoms. The van der Waals surface area contributed by atoms with Crippen LogP contribution in [0, 0.1) is 0 Å². The van der Waals surface area contributed by atoms with Gasteiger partial charge in [0.15, 0.2) is 0 Å². The first-order valence-electron chi connectivity index (χ1n) is 5.87. The molecule has 1 aromatic carbocycles. The maximum atomic E-state index is 12.2. The van der Waals surface area contributed by atoms with E-state index in [0.29, 0.717) is 21.6 Å². The fourth-order valence-corrected chi connectivity index (χ4v) is 3.37. The standard InChI is InChI=1S/C13H12BrN3O2S2/c14-10-6-12(8-16-7-10)21(18,19)17-11-3-1-9(2-4-11)5-13(15)20/h1-4,6-8,17H,5H2,(H2,15,20). The number of nitrogens with two attached hydrogens (primary N) is 1. The molecule has 21 heavy (non-hydrogen) atoms. The summed E-state index contributed by atoms with van der Waals surface area (Å²) in [7, 11) is -3.66. The number of sulfonamides is 1. The molecule has 0 spiro atoms. The third kappa shape index (κ3) is 4.48. The van der Waals surface area contributed by atoms with Crippen LogP contribution in [0.25, 0.3) is 0 Å². The summed E-state index contributed by atoms with van der Waals surface area (Å²) < 4.78 is 27.5. The topological polar surface area (TPSA) is 85.1 Å². The lowest BCUT2D eigenvalue weighted by Gasteiger charge is -2.08. The second-order valence-corrected chi connectivity index (χ2v) is 7.41. The molecular formula is C13H12BrN3O2S2. The summed E-state index contributed by atoms with van der Waals surface area (Å²) in [6.45, 7) is 0. The van der Waals surface area contributed by atoms with Gasteiger partial charge in [-0.15, -0.1) is 0 Å². The van der Waals surface area contributed by atoms with E-state index >= 15 is 0 Å². The predicted molar refractivity (Wildman–Crippen MR) is 89.7 cm³/mol. The van der Waals surface area contributed by atoms with Crippen molar-refractivity contribution in [1.29, 1.82) is 0 Å². The first kappa shape index (κ1) is 15.9. The van der Waals surface area contributed by atoms with Crippen LogP contribution in [0.3, 0.4) is 0 Å². The molecule has 5 nitrogen and oxygen atoms in total. The molecule has 0 bridgehead atoms. The van der Waals surface area contributed by atoms with Gasteiger partial charge in [0.25, 0.3) is 10.0 Å². The molecule has 0 atom stereocenters. The van der Waals surface area contributed by atoms with Crippen LogP contribution in [0.1, 0.15) is 5.56 Å². The minimum Gasteiger partial charge on any atom is -0.393 e. The maximum Gasteiger partial charge on any atom is 0.263 e. The Balaban J connectivity index is 2.19. The highest BCUT2D eigenvalue weighted by molar-refractivity contribution is 9.10. The Bertz CT molecular complexity index is 761. The van der Waals surface area contributed by atoms with E-state index in [1.807, 2.05) is 0 Å². The maximum absolute atomic E-state index is 12.2. The second kappa shape index (κ2) is 6.50.